The molecule has 0 spiro atoms. The lowest BCUT2D eigenvalue weighted by atomic mass is 9.93. The Morgan fingerprint density at radius 2 is 1.86 bits per heavy atom. The summed E-state index contributed by atoms with van der Waals surface area (Å²) in [7, 11) is 1.53. The fraction of sp³-hybridized carbons (Fsp3) is 0.714. The second-order valence-corrected chi connectivity index (χ2v) is 6.86. The average molecular weight is 336 g/mol. The highest BCUT2D eigenvalue weighted by Crippen LogP contribution is 2.23. The van der Waals surface area contributed by atoms with Crippen LogP contribution in [0.15, 0.2) is 10.4 Å². The molecule has 0 atom stereocenters. The molecule has 1 aromatic rings. The molecular formula is C14H23F3N4S. The lowest BCUT2D eigenvalue weighted by Crippen LogP contribution is -2.39. The summed E-state index contributed by atoms with van der Waals surface area (Å²) in [5, 5.41) is 8.68. The first kappa shape index (κ1) is 18.7. The maximum Gasteiger partial charge on any atom is 0.390 e. The Hall–Kier alpha value is -1.31. The Balaban J connectivity index is 2.34. The van der Waals surface area contributed by atoms with Crippen LogP contribution < -0.4 is 10.6 Å². The van der Waals surface area contributed by atoms with Crippen molar-refractivity contribution in [2.24, 2.45) is 4.99 Å². The second-order valence-electron chi connectivity index (χ2n) is 5.92. The molecule has 1 aromatic heterocycles. The Morgan fingerprint density at radius 1 is 1.23 bits per heavy atom. The average Bonchev–Trinajstić information content (AvgIpc) is 2.84. The Labute approximate surface area is 133 Å². The van der Waals surface area contributed by atoms with Crippen molar-refractivity contribution in [1.29, 1.82) is 0 Å². The minimum absolute atomic E-state index is 0.0252. The van der Waals surface area contributed by atoms with Gasteiger partial charge in [0.05, 0.1) is 17.1 Å². The van der Waals surface area contributed by atoms with E-state index in [0.717, 1.165) is 10.7 Å². The van der Waals surface area contributed by atoms with Crippen molar-refractivity contribution in [3.8, 4) is 0 Å². The van der Waals surface area contributed by atoms with E-state index in [1.165, 1.54) is 7.05 Å². The van der Waals surface area contributed by atoms with Crippen molar-refractivity contribution in [1.82, 2.24) is 15.6 Å². The number of rotatable bonds is 5. The maximum absolute atomic E-state index is 12.1. The summed E-state index contributed by atoms with van der Waals surface area (Å²) in [6, 6.07) is 0. The maximum atomic E-state index is 12.1. The highest BCUT2D eigenvalue weighted by molar-refractivity contribution is 7.09. The summed E-state index contributed by atoms with van der Waals surface area (Å²) in [5.74, 6) is 0.372. The molecule has 0 aliphatic carbocycles. The zero-order chi connectivity index (χ0) is 16.8. The van der Waals surface area contributed by atoms with Gasteiger partial charge in [0.1, 0.15) is 0 Å². The Morgan fingerprint density at radius 3 is 2.36 bits per heavy atom. The number of halogens is 3. The Kier molecular flexibility index (Phi) is 6.65. The van der Waals surface area contributed by atoms with E-state index in [1.807, 2.05) is 5.38 Å². The van der Waals surface area contributed by atoms with Gasteiger partial charge in [0.2, 0.25) is 0 Å². The van der Waals surface area contributed by atoms with Gasteiger partial charge in [-0.25, -0.2) is 4.98 Å². The van der Waals surface area contributed by atoms with Crippen LogP contribution in [0, 0.1) is 0 Å². The van der Waals surface area contributed by atoms with Crippen molar-refractivity contribution >= 4 is 17.3 Å². The minimum Gasteiger partial charge on any atom is -0.356 e. The van der Waals surface area contributed by atoms with Gasteiger partial charge in [0, 0.05) is 37.4 Å². The molecule has 4 nitrogen and oxygen atoms in total. The van der Waals surface area contributed by atoms with Crippen LogP contribution in [0.5, 0.6) is 0 Å². The Bertz CT molecular complexity index is 489. The highest BCUT2D eigenvalue weighted by Gasteiger charge is 2.26. The SMILES string of the molecule is CN=C(NCCc1nc(C(C)(C)C)cs1)NCCC(F)(F)F. The number of thiazole rings is 1. The van der Waals surface area contributed by atoms with Gasteiger partial charge in [-0.3, -0.25) is 4.99 Å². The van der Waals surface area contributed by atoms with Crippen LogP contribution in [0.2, 0.25) is 0 Å². The topological polar surface area (TPSA) is 49.3 Å². The van der Waals surface area contributed by atoms with Gasteiger partial charge in [-0.05, 0) is 0 Å². The quantitative estimate of drug-likeness (QED) is 0.642. The van der Waals surface area contributed by atoms with E-state index in [-0.39, 0.29) is 12.0 Å². The van der Waals surface area contributed by atoms with E-state index in [2.05, 4.69) is 41.4 Å². The third-order valence-electron chi connectivity index (χ3n) is 2.88. The summed E-state index contributed by atoms with van der Waals surface area (Å²) in [6.45, 7) is 6.71. The molecule has 2 N–H and O–H groups in total. The molecule has 1 rings (SSSR count). The zero-order valence-electron chi connectivity index (χ0n) is 13.3. The third-order valence-corrected chi connectivity index (χ3v) is 3.78. The number of alkyl halides is 3. The molecule has 0 saturated heterocycles. The second kappa shape index (κ2) is 7.80. The standard InChI is InChI=1S/C14H23F3N4S/c1-13(2,3)10-9-22-11(21-10)5-7-19-12(18-4)20-8-6-14(15,16)17/h9H,5-8H2,1-4H3,(H2,18,19,20). The molecule has 0 bridgehead atoms. The monoisotopic (exact) mass is 336 g/mol. The van der Waals surface area contributed by atoms with Crippen LogP contribution in [-0.4, -0.2) is 37.3 Å². The molecule has 0 aromatic carbocycles. The van der Waals surface area contributed by atoms with Crippen molar-refractivity contribution in [3.05, 3.63) is 16.1 Å². The normalized spacial score (nSPS) is 13.3. The number of nitrogens with zero attached hydrogens (tertiary/aromatic N) is 2. The van der Waals surface area contributed by atoms with E-state index < -0.39 is 12.6 Å². The van der Waals surface area contributed by atoms with Crippen LogP contribution in [0.1, 0.15) is 37.9 Å². The van der Waals surface area contributed by atoms with E-state index in [0.29, 0.717) is 18.9 Å². The summed E-state index contributed by atoms with van der Waals surface area (Å²) in [6.07, 6.45) is -4.33. The fourth-order valence-corrected chi connectivity index (χ4v) is 2.63. The van der Waals surface area contributed by atoms with Gasteiger partial charge in [-0.15, -0.1) is 11.3 Å². The predicted molar refractivity (Wildman–Crippen MR) is 84.6 cm³/mol. The molecule has 0 fully saturated rings. The lowest BCUT2D eigenvalue weighted by molar-refractivity contribution is -0.132. The van der Waals surface area contributed by atoms with Crippen LogP contribution in [0.3, 0.4) is 0 Å². The first-order valence-electron chi connectivity index (χ1n) is 7.08. The third kappa shape index (κ3) is 7.11. The molecule has 0 radical (unpaired) electrons. The van der Waals surface area contributed by atoms with E-state index >= 15 is 0 Å². The summed E-state index contributed by atoms with van der Waals surface area (Å²) < 4.78 is 36.2. The summed E-state index contributed by atoms with van der Waals surface area (Å²) in [4.78, 5) is 8.46. The first-order chi connectivity index (χ1) is 10.1. The van der Waals surface area contributed by atoms with Crippen LogP contribution in [0.25, 0.3) is 0 Å². The van der Waals surface area contributed by atoms with E-state index in [9.17, 15) is 13.2 Å². The van der Waals surface area contributed by atoms with Crippen molar-refractivity contribution in [2.75, 3.05) is 20.1 Å². The molecule has 0 aliphatic rings. The number of aliphatic imine (C=N–C) groups is 1. The van der Waals surface area contributed by atoms with Gasteiger partial charge in [0.15, 0.2) is 5.96 Å². The molecule has 126 valence electrons. The van der Waals surface area contributed by atoms with Crippen LogP contribution in [-0.2, 0) is 11.8 Å². The largest absolute Gasteiger partial charge is 0.390 e. The van der Waals surface area contributed by atoms with Crippen LogP contribution >= 0.6 is 11.3 Å². The predicted octanol–water partition coefficient (Wildman–Crippen LogP) is 3.10. The lowest BCUT2D eigenvalue weighted by Gasteiger charge is -2.14. The van der Waals surface area contributed by atoms with E-state index in [4.69, 9.17) is 0 Å². The fourth-order valence-electron chi connectivity index (χ4n) is 1.60. The first-order valence-corrected chi connectivity index (χ1v) is 7.96. The number of hydrogen-bond donors (Lipinski definition) is 2. The smallest absolute Gasteiger partial charge is 0.356 e. The van der Waals surface area contributed by atoms with Gasteiger partial charge in [-0.1, -0.05) is 20.8 Å². The molecule has 8 heteroatoms. The van der Waals surface area contributed by atoms with E-state index in [1.54, 1.807) is 11.3 Å². The minimum atomic E-state index is -4.16. The van der Waals surface area contributed by atoms with Crippen LogP contribution in [0.4, 0.5) is 13.2 Å². The zero-order valence-corrected chi connectivity index (χ0v) is 14.2. The molecule has 1 heterocycles. The van der Waals surface area contributed by atoms with Crippen molar-refractivity contribution < 1.29 is 13.2 Å². The molecule has 0 amide bonds. The number of hydrogen-bond acceptors (Lipinski definition) is 3. The number of guanidine groups is 1. The van der Waals surface area contributed by atoms with Gasteiger partial charge in [0.25, 0.3) is 0 Å². The van der Waals surface area contributed by atoms with Gasteiger partial charge in [-0.2, -0.15) is 13.2 Å². The molecule has 22 heavy (non-hydrogen) atoms. The van der Waals surface area contributed by atoms with Gasteiger partial charge >= 0.3 is 6.18 Å². The summed E-state index contributed by atoms with van der Waals surface area (Å²) in [5.41, 5.74) is 1.08. The summed E-state index contributed by atoms with van der Waals surface area (Å²) >= 11 is 1.60. The van der Waals surface area contributed by atoms with Crippen molar-refractivity contribution in [2.45, 2.75) is 45.2 Å². The number of nitrogens with one attached hydrogen (secondary N) is 2. The molecule has 0 saturated carbocycles. The molecule has 0 unspecified atom stereocenters. The highest BCUT2D eigenvalue weighted by atomic mass is 32.1. The van der Waals surface area contributed by atoms with Crippen molar-refractivity contribution in [3.63, 3.8) is 0 Å². The molecular weight excluding hydrogens is 313 g/mol. The molecule has 0 aliphatic heterocycles. The van der Waals surface area contributed by atoms with Gasteiger partial charge < -0.3 is 10.6 Å². The number of aromatic nitrogens is 1.